The maximum atomic E-state index is 6.19. The van der Waals surface area contributed by atoms with Gasteiger partial charge in [-0.15, -0.1) is 0 Å². The highest BCUT2D eigenvalue weighted by atomic mass is 16.5. The molecule has 2 rings (SSSR count). The van der Waals surface area contributed by atoms with Crippen LogP contribution in [0.3, 0.4) is 0 Å². The van der Waals surface area contributed by atoms with E-state index in [9.17, 15) is 0 Å². The summed E-state index contributed by atoms with van der Waals surface area (Å²) in [4.78, 5) is 0. The van der Waals surface area contributed by atoms with Gasteiger partial charge in [0.2, 0.25) is 0 Å². The molecule has 0 bridgehead atoms. The Morgan fingerprint density at radius 2 is 2.50 bits per heavy atom. The van der Waals surface area contributed by atoms with Gasteiger partial charge in [-0.3, -0.25) is 4.68 Å². The van der Waals surface area contributed by atoms with E-state index >= 15 is 0 Å². The largest absolute Gasteiger partial charge is 0.378 e. The second kappa shape index (κ2) is 4.97. The minimum atomic E-state index is 0.255. The second-order valence-electron chi connectivity index (χ2n) is 4.86. The monoisotopic (exact) mass is 223 g/mol. The predicted molar refractivity (Wildman–Crippen MR) is 63.0 cm³/mol. The molecule has 3 atom stereocenters. The van der Waals surface area contributed by atoms with Crippen LogP contribution in [0.5, 0.6) is 0 Å². The van der Waals surface area contributed by atoms with Crippen LogP contribution in [0.15, 0.2) is 12.4 Å². The fourth-order valence-corrected chi connectivity index (χ4v) is 2.32. The van der Waals surface area contributed by atoms with E-state index in [-0.39, 0.29) is 6.04 Å². The van der Waals surface area contributed by atoms with Crippen molar-refractivity contribution in [3.63, 3.8) is 0 Å². The van der Waals surface area contributed by atoms with E-state index in [1.807, 2.05) is 17.9 Å². The smallest absolute Gasteiger partial charge is 0.0551 e. The van der Waals surface area contributed by atoms with Crippen molar-refractivity contribution in [2.75, 3.05) is 6.61 Å². The number of nitrogens with zero attached hydrogens (tertiary/aromatic N) is 2. The van der Waals surface area contributed by atoms with Crippen LogP contribution in [0.1, 0.15) is 25.3 Å². The Hall–Kier alpha value is -0.870. The van der Waals surface area contributed by atoms with Crippen molar-refractivity contribution >= 4 is 0 Å². The van der Waals surface area contributed by atoms with Crippen LogP contribution < -0.4 is 5.73 Å². The number of hydrogen-bond donors (Lipinski definition) is 1. The molecule has 0 spiro atoms. The second-order valence-corrected chi connectivity index (χ2v) is 4.86. The molecule has 16 heavy (non-hydrogen) atoms. The zero-order chi connectivity index (χ0) is 11.5. The fraction of sp³-hybridized carbons (Fsp3) is 0.750. The van der Waals surface area contributed by atoms with E-state index in [1.54, 1.807) is 0 Å². The Balaban J connectivity index is 1.77. The van der Waals surface area contributed by atoms with Gasteiger partial charge in [0.15, 0.2) is 0 Å². The van der Waals surface area contributed by atoms with Crippen molar-refractivity contribution in [3.05, 3.63) is 18.0 Å². The van der Waals surface area contributed by atoms with Crippen molar-refractivity contribution in [1.82, 2.24) is 9.78 Å². The minimum absolute atomic E-state index is 0.255. The minimum Gasteiger partial charge on any atom is -0.378 e. The molecular weight excluding hydrogens is 202 g/mol. The van der Waals surface area contributed by atoms with Gasteiger partial charge in [-0.25, -0.2) is 0 Å². The van der Waals surface area contributed by atoms with Gasteiger partial charge in [-0.2, -0.15) is 5.10 Å². The Kier molecular flexibility index (Phi) is 3.61. The van der Waals surface area contributed by atoms with Crippen molar-refractivity contribution < 1.29 is 4.74 Å². The number of aryl methyl sites for hydroxylation is 2. The van der Waals surface area contributed by atoms with Gasteiger partial charge >= 0.3 is 0 Å². The normalized spacial score (nSPS) is 27.2. The standard InChI is InChI=1S/C12H21N3O/c1-9-5-11(8-16-9)12(13)4-3-10-6-14-15(2)7-10/h6-7,9,11-12H,3-5,8,13H2,1-2H3. The van der Waals surface area contributed by atoms with Crippen LogP contribution in [0.4, 0.5) is 0 Å². The van der Waals surface area contributed by atoms with E-state index in [4.69, 9.17) is 10.5 Å². The van der Waals surface area contributed by atoms with Crippen molar-refractivity contribution in [1.29, 1.82) is 0 Å². The van der Waals surface area contributed by atoms with E-state index in [0.29, 0.717) is 12.0 Å². The summed E-state index contributed by atoms with van der Waals surface area (Å²) in [5.41, 5.74) is 7.46. The summed E-state index contributed by atoms with van der Waals surface area (Å²) >= 11 is 0. The van der Waals surface area contributed by atoms with Crippen LogP contribution in [0, 0.1) is 5.92 Å². The molecule has 2 heterocycles. The Morgan fingerprint density at radius 3 is 3.06 bits per heavy atom. The first-order valence-electron chi connectivity index (χ1n) is 6.00. The fourth-order valence-electron chi connectivity index (χ4n) is 2.32. The molecule has 0 saturated carbocycles. The molecule has 4 heteroatoms. The molecule has 1 aliphatic rings. The van der Waals surface area contributed by atoms with Crippen LogP contribution in [0.25, 0.3) is 0 Å². The molecule has 90 valence electrons. The quantitative estimate of drug-likeness (QED) is 0.831. The SMILES string of the molecule is CC1CC(C(N)CCc2cnn(C)c2)CO1. The van der Waals surface area contributed by atoms with Crippen molar-refractivity contribution in [2.24, 2.45) is 18.7 Å². The zero-order valence-electron chi connectivity index (χ0n) is 10.1. The molecule has 3 unspecified atom stereocenters. The van der Waals surface area contributed by atoms with Gasteiger partial charge in [-0.05, 0) is 37.7 Å². The van der Waals surface area contributed by atoms with Crippen LogP contribution in [-0.4, -0.2) is 28.5 Å². The summed E-state index contributed by atoms with van der Waals surface area (Å²) in [5.74, 6) is 0.534. The molecule has 1 aromatic rings. The molecule has 1 fully saturated rings. The van der Waals surface area contributed by atoms with Crippen LogP contribution >= 0.6 is 0 Å². The lowest BCUT2D eigenvalue weighted by atomic mass is 9.93. The maximum Gasteiger partial charge on any atom is 0.0551 e. The molecule has 0 aliphatic carbocycles. The predicted octanol–water partition coefficient (Wildman–Crippen LogP) is 1.10. The summed E-state index contributed by atoms with van der Waals surface area (Å²) in [6.45, 7) is 2.95. The van der Waals surface area contributed by atoms with Gasteiger partial charge in [0.05, 0.1) is 18.9 Å². The van der Waals surface area contributed by atoms with Gasteiger partial charge in [0.1, 0.15) is 0 Å². The van der Waals surface area contributed by atoms with Crippen molar-refractivity contribution in [2.45, 2.75) is 38.3 Å². The van der Waals surface area contributed by atoms with E-state index in [0.717, 1.165) is 25.9 Å². The molecule has 0 aromatic carbocycles. The lowest BCUT2D eigenvalue weighted by molar-refractivity contribution is 0.118. The third kappa shape index (κ3) is 2.83. The van der Waals surface area contributed by atoms with Gasteiger partial charge in [-0.1, -0.05) is 0 Å². The topological polar surface area (TPSA) is 53.1 Å². The van der Waals surface area contributed by atoms with Gasteiger partial charge < -0.3 is 10.5 Å². The number of nitrogens with two attached hydrogens (primary N) is 1. The Bertz CT molecular complexity index is 337. The van der Waals surface area contributed by atoms with E-state index in [1.165, 1.54) is 5.56 Å². The number of aromatic nitrogens is 2. The summed E-state index contributed by atoms with van der Waals surface area (Å²) in [7, 11) is 1.94. The molecule has 4 nitrogen and oxygen atoms in total. The molecule has 1 saturated heterocycles. The maximum absolute atomic E-state index is 6.19. The summed E-state index contributed by atoms with van der Waals surface area (Å²) in [6, 6.07) is 0.255. The highest BCUT2D eigenvalue weighted by molar-refractivity contribution is 5.04. The average Bonchev–Trinajstić information content (AvgIpc) is 2.84. The lowest BCUT2D eigenvalue weighted by Crippen LogP contribution is -2.31. The molecule has 1 aromatic heterocycles. The number of ether oxygens (including phenoxy) is 1. The highest BCUT2D eigenvalue weighted by Crippen LogP contribution is 2.23. The third-order valence-electron chi connectivity index (χ3n) is 3.36. The molecule has 2 N–H and O–H groups in total. The summed E-state index contributed by atoms with van der Waals surface area (Å²) in [6.07, 6.45) is 7.50. The first kappa shape index (κ1) is 11.6. The van der Waals surface area contributed by atoms with Gasteiger partial charge in [0.25, 0.3) is 0 Å². The Morgan fingerprint density at radius 1 is 1.69 bits per heavy atom. The zero-order valence-corrected chi connectivity index (χ0v) is 10.1. The molecule has 0 amide bonds. The number of rotatable bonds is 4. The highest BCUT2D eigenvalue weighted by Gasteiger charge is 2.26. The average molecular weight is 223 g/mol. The van der Waals surface area contributed by atoms with Crippen LogP contribution in [-0.2, 0) is 18.2 Å². The summed E-state index contributed by atoms with van der Waals surface area (Å²) in [5, 5.41) is 4.16. The molecule has 0 radical (unpaired) electrons. The Labute approximate surface area is 96.8 Å². The third-order valence-corrected chi connectivity index (χ3v) is 3.36. The van der Waals surface area contributed by atoms with Crippen LogP contribution in [0.2, 0.25) is 0 Å². The van der Waals surface area contributed by atoms with Gasteiger partial charge in [0, 0.05) is 19.3 Å². The first-order valence-corrected chi connectivity index (χ1v) is 6.00. The number of hydrogen-bond acceptors (Lipinski definition) is 3. The van der Waals surface area contributed by atoms with Crippen molar-refractivity contribution in [3.8, 4) is 0 Å². The first-order chi connectivity index (χ1) is 7.65. The van der Waals surface area contributed by atoms with E-state index < -0.39 is 0 Å². The molecular formula is C12H21N3O. The summed E-state index contributed by atoms with van der Waals surface area (Å²) < 4.78 is 7.38. The van der Waals surface area contributed by atoms with E-state index in [2.05, 4.69) is 18.2 Å². The molecule has 1 aliphatic heterocycles. The lowest BCUT2D eigenvalue weighted by Gasteiger charge is -2.16.